The molecule has 0 amide bonds. The molecule has 17 heavy (non-hydrogen) atoms. The Labute approximate surface area is 107 Å². The van der Waals surface area contributed by atoms with E-state index in [1.807, 2.05) is 11.3 Å². The lowest BCUT2D eigenvalue weighted by Crippen LogP contribution is -2.15. The van der Waals surface area contributed by atoms with E-state index in [1.54, 1.807) is 10.4 Å². The van der Waals surface area contributed by atoms with Gasteiger partial charge in [-0.2, -0.15) is 0 Å². The van der Waals surface area contributed by atoms with Crippen molar-refractivity contribution >= 4 is 21.4 Å². The maximum atomic E-state index is 3.64. The van der Waals surface area contributed by atoms with Crippen molar-refractivity contribution in [1.82, 2.24) is 5.32 Å². The largest absolute Gasteiger partial charge is 0.309 e. The summed E-state index contributed by atoms with van der Waals surface area (Å²) in [6.07, 6.45) is 5.19. The van der Waals surface area contributed by atoms with Crippen molar-refractivity contribution in [1.29, 1.82) is 0 Å². The quantitative estimate of drug-likeness (QED) is 0.836. The lowest BCUT2D eigenvalue weighted by Gasteiger charge is -2.04. The van der Waals surface area contributed by atoms with E-state index in [0.717, 1.165) is 12.6 Å². The fourth-order valence-electron chi connectivity index (χ4n) is 2.34. The highest BCUT2D eigenvalue weighted by molar-refractivity contribution is 7.19. The topological polar surface area (TPSA) is 12.0 Å². The van der Waals surface area contributed by atoms with Crippen molar-refractivity contribution < 1.29 is 0 Å². The number of nitrogens with one attached hydrogen (secondary N) is 1. The average Bonchev–Trinajstić information content (AvgIpc) is 3.11. The van der Waals surface area contributed by atoms with Crippen LogP contribution in [0.3, 0.4) is 0 Å². The van der Waals surface area contributed by atoms with Crippen LogP contribution in [0.5, 0.6) is 0 Å². The van der Waals surface area contributed by atoms with Crippen molar-refractivity contribution in [2.75, 3.05) is 0 Å². The van der Waals surface area contributed by atoms with Crippen LogP contribution in [-0.4, -0.2) is 6.04 Å². The van der Waals surface area contributed by atoms with Gasteiger partial charge in [0.15, 0.2) is 0 Å². The highest BCUT2D eigenvalue weighted by Crippen LogP contribution is 2.32. The minimum Gasteiger partial charge on any atom is -0.309 e. The Hall–Kier alpha value is -0.860. The summed E-state index contributed by atoms with van der Waals surface area (Å²) in [5.74, 6) is 0. The SMILES string of the molecule is CCCc1c(CNC2CC2)sc2ccccc12. The second kappa shape index (κ2) is 4.79. The zero-order chi connectivity index (χ0) is 11.7. The molecule has 0 atom stereocenters. The van der Waals surface area contributed by atoms with Gasteiger partial charge in [-0.1, -0.05) is 31.5 Å². The number of thiophene rings is 1. The van der Waals surface area contributed by atoms with Crippen LogP contribution in [0.4, 0.5) is 0 Å². The van der Waals surface area contributed by atoms with Gasteiger partial charge in [-0.25, -0.2) is 0 Å². The third kappa shape index (κ3) is 2.38. The molecular formula is C15H19NS. The van der Waals surface area contributed by atoms with E-state index < -0.39 is 0 Å². The first-order valence-electron chi connectivity index (χ1n) is 6.61. The maximum Gasteiger partial charge on any atom is 0.0349 e. The van der Waals surface area contributed by atoms with E-state index in [9.17, 15) is 0 Å². The normalized spacial score (nSPS) is 15.6. The minimum absolute atomic E-state index is 0.801. The monoisotopic (exact) mass is 245 g/mol. The zero-order valence-electron chi connectivity index (χ0n) is 10.3. The molecule has 0 unspecified atom stereocenters. The lowest BCUT2D eigenvalue weighted by atomic mass is 10.1. The van der Waals surface area contributed by atoms with Crippen LogP contribution in [0.25, 0.3) is 10.1 Å². The molecule has 0 saturated heterocycles. The van der Waals surface area contributed by atoms with Crippen LogP contribution >= 0.6 is 11.3 Å². The maximum absolute atomic E-state index is 3.64. The summed E-state index contributed by atoms with van der Waals surface area (Å²) < 4.78 is 1.45. The van der Waals surface area contributed by atoms with Crippen LogP contribution in [0.2, 0.25) is 0 Å². The van der Waals surface area contributed by atoms with E-state index in [0.29, 0.717) is 0 Å². The molecule has 2 aromatic rings. The van der Waals surface area contributed by atoms with Gasteiger partial charge in [0.05, 0.1) is 0 Å². The predicted octanol–water partition coefficient (Wildman–Crippen LogP) is 4.11. The van der Waals surface area contributed by atoms with Gasteiger partial charge in [-0.3, -0.25) is 0 Å². The summed E-state index contributed by atoms with van der Waals surface area (Å²) >= 11 is 1.97. The fraction of sp³-hybridized carbons (Fsp3) is 0.467. The zero-order valence-corrected chi connectivity index (χ0v) is 11.1. The van der Waals surface area contributed by atoms with Gasteiger partial charge in [0, 0.05) is 22.2 Å². The van der Waals surface area contributed by atoms with E-state index in [2.05, 4.69) is 36.5 Å². The Balaban J connectivity index is 1.92. The van der Waals surface area contributed by atoms with E-state index in [-0.39, 0.29) is 0 Å². The second-order valence-corrected chi connectivity index (χ2v) is 6.04. The van der Waals surface area contributed by atoms with Crippen molar-refractivity contribution in [2.45, 2.75) is 45.2 Å². The molecule has 3 rings (SSSR count). The summed E-state index contributed by atoms with van der Waals surface area (Å²) in [5.41, 5.74) is 1.58. The van der Waals surface area contributed by atoms with Gasteiger partial charge in [0.1, 0.15) is 0 Å². The molecule has 1 aliphatic carbocycles. The molecule has 1 saturated carbocycles. The first-order chi connectivity index (χ1) is 8.38. The van der Waals surface area contributed by atoms with E-state index in [1.165, 1.54) is 35.8 Å². The highest BCUT2D eigenvalue weighted by Gasteiger charge is 2.21. The van der Waals surface area contributed by atoms with Crippen LogP contribution < -0.4 is 5.32 Å². The molecule has 2 heteroatoms. The van der Waals surface area contributed by atoms with Gasteiger partial charge in [-0.15, -0.1) is 11.3 Å². The van der Waals surface area contributed by atoms with E-state index >= 15 is 0 Å². The summed E-state index contributed by atoms with van der Waals surface area (Å²) in [6, 6.07) is 9.63. The van der Waals surface area contributed by atoms with Crippen LogP contribution in [0.15, 0.2) is 24.3 Å². The molecule has 1 aromatic carbocycles. The van der Waals surface area contributed by atoms with Crippen molar-refractivity contribution in [2.24, 2.45) is 0 Å². The number of benzene rings is 1. The molecular weight excluding hydrogens is 226 g/mol. The number of aryl methyl sites for hydroxylation is 1. The first kappa shape index (κ1) is 11.2. The van der Waals surface area contributed by atoms with Gasteiger partial charge >= 0.3 is 0 Å². The molecule has 1 aliphatic rings. The Bertz CT molecular complexity index is 511. The standard InChI is InChI=1S/C15H19NS/c1-2-5-12-13-6-3-4-7-14(13)17-15(12)10-16-11-8-9-11/h3-4,6-7,11,16H,2,5,8-10H2,1H3. The molecule has 90 valence electrons. The van der Waals surface area contributed by atoms with Gasteiger partial charge in [0.2, 0.25) is 0 Å². The Morgan fingerprint density at radius 1 is 1.29 bits per heavy atom. The molecule has 0 spiro atoms. The lowest BCUT2D eigenvalue weighted by molar-refractivity contribution is 0.690. The van der Waals surface area contributed by atoms with Crippen LogP contribution in [0, 0.1) is 0 Å². The van der Waals surface area contributed by atoms with Gasteiger partial charge < -0.3 is 5.32 Å². The van der Waals surface area contributed by atoms with Crippen molar-refractivity contribution in [3.63, 3.8) is 0 Å². The summed E-state index contributed by atoms with van der Waals surface area (Å²) in [6.45, 7) is 3.34. The predicted molar refractivity (Wildman–Crippen MR) is 75.7 cm³/mol. The number of hydrogen-bond acceptors (Lipinski definition) is 2. The third-order valence-electron chi connectivity index (χ3n) is 3.41. The van der Waals surface area contributed by atoms with Crippen LogP contribution in [-0.2, 0) is 13.0 Å². The molecule has 1 N–H and O–H groups in total. The third-order valence-corrected chi connectivity index (χ3v) is 4.62. The van der Waals surface area contributed by atoms with Crippen molar-refractivity contribution in [3.05, 3.63) is 34.7 Å². The Kier molecular flexibility index (Phi) is 3.17. The summed E-state index contributed by atoms with van der Waals surface area (Å²) in [7, 11) is 0. The number of fused-ring (bicyclic) bond motifs is 1. The smallest absolute Gasteiger partial charge is 0.0349 e. The molecule has 0 aliphatic heterocycles. The molecule has 1 nitrogen and oxygen atoms in total. The molecule has 0 bridgehead atoms. The fourth-order valence-corrected chi connectivity index (χ4v) is 3.54. The van der Waals surface area contributed by atoms with Gasteiger partial charge in [0.25, 0.3) is 0 Å². The first-order valence-corrected chi connectivity index (χ1v) is 7.43. The molecule has 1 aromatic heterocycles. The molecule has 0 radical (unpaired) electrons. The molecule has 1 fully saturated rings. The van der Waals surface area contributed by atoms with Crippen LogP contribution in [0.1, 0.15) is 36.6 Å². The summed E-state index contributed by atoms with van der Waals surface area (Å²) in [5, 5.41) is 5.12. The van der Waals surface area contributed by atoms with Crippen molar-refractivity contribution in [3.8, 4) is 0 Å². The van der Waals surface area contributed by atoms with Gasteiger partial charge in [-0.05, 0) is 36.3 Å². The number of rotatable bonds is 5. The Morgan fingerprint density at radius 2 is 2.12 bits per heavy atom. The highest BCUT2D eigenvalue weighted by atomic mass is 32.1. The Morgan fingerprint density at radius 3 is 2.88 bits per heavy atom. The second-order valence-electron chi connectivity index (χ2n) is 4.91. The molecule has 1 heterocycles. The number of hydrogen-bond donors (Lipinski definition) is 1. The van der Waals surface area contributed by atoms with E-state index in [4.69, 9.17) is 0 Å². The average molecular weight is 245 g/mol. The minimum atomic E-state index is 0.801. The summed E-state index contributed by atoms with van der Waals surface area (Å²) in [4.78, 5) is 1.56.